The Morgan fingerprint density at radius 1 is 1.03 bits per heavy atom. The monoisotopic (exact) mass is 446 g/mol. The van der Waals surface area contributed by atoms with Crippen molar-refractivity contribution in [1.82, 2.24) is 14.8 Å². The highest BCUT2D eigenvalue weighted by Crippen LogP contribution is 2.26. The van der Waals surface area contributed by atoms with Gasteiger partial charge in [0.2, 0.25) is 5.91 Å². The van der Waals surface area contributed by atoms with E-state index in [4.69, 9.17) is 4.74 Å². The van der Waals surface area contributed by atoms with Gasteiger partial charge in [0.05, 0.1) is 5.75 Å². The summed E-state index contributed by atoms with van der Waals surface area (Å²) in [4.78, 5) is 12.5. The molecule has 4 rings (SSSR count). The van der Waals surface area contributed by atoms with Gasteiger partial charge in [-0.1, -0.05) is 60.3 Å². The molecule has 164 valence electrons. The summed E-state index contributed by atoms with van der Waals surface area (Å²) in [5, 5.41) is 14.5. The van der Waals surface area contributed by atoms with Crippen LogP contribution in [0, 0.1) is 13.8 Å². The first-order valence-corrected chi connectivity index (χ1v) is 11.6. The van der Waals surface area contributed by atoms with Gasteiger partial charge in [-0.05, 0) is 49.4 Å². The van der Waals surface area contributed by atoms with E-state index in [0.29, 0.717) is 18.3 Å². The van der Waals surface area contributed by atoms with Crippen LogP contribution in [0.25, 0.3) is 10.8 Å². The van der Waals surface area contributed by atoms with Crippen LogP contribution in [0.5, 0.6) is 5.75 Å². The van der Waals surface area contributed by atoms with Gasteiger partial charge >= 0.3 is 0 Å². The quantitative estimate of drug-likeness (QED) is 0.368. The molecule has 0 radical (unpaired) electrons. The van der Waals surface area contributed by atoms with Crippen molar-refractivity contribution in [3.05, 3.63) is 77.6 Å². The fourth-order valence-corrected chi connectivity index (χ4v) is 4.34. The molecule has 4 aromatic rings. The average Bonchev–Trinajstić information content (AvgIpc) is 3.21. The number of aryl methyl sites for hydroxylation is 1. The van der Waals surface area contributed by atoms with E-state index in [1.54, 1.807) is 0 Å². The van der Waals surface area contributed by atoms with Crippen molar-refractivity contribution in [2.45, 2.75) is 39.1 Å². The number of benzene rings is 3. The highest BCUT2D eigenvalue weighted by atomic mass is 32.2. The molecule has 1 aromatic heterocycles. The molecule has 0 spiro atoms. The fraction of sp³-hybridized carbons (Fsp3) is 0.240. The molecular weight excluding hydrogens is 420 g/mol. The summed E-state index contributed by atoms with van der Waals surface area (Å²) in [5.41, 5.74) is 3.07. The lowest BCUT2D eigenvalue weighted by molar-refractivity contribution is -0.113. The maximum absolute atomic E-state index is 12.5. The molecule has 7 heteroatoms. The molecule has 0 saturated heterocycles. The van der Waals surface area contributed by atoms with Crippen molar-refractivity contribution in [3.63, 3.8) is 0 Å². The number of amides is 1. The Balaban J connectivity index is 1.40. The summed E-state index contributed by atoms with van der Waals surface area (Å²) >= 11 is 1.38. The number of anilines is 1. The van der Waals surface area contributed by atoms with Gasteiger partial charge in [-0.2, -0.15) is 0 Å². The van der Waals surface area contributed by atoms with E-state index in [9.17, 15) is 4.79 Å². The zero-order valence-corrected chi connectivity index (χ0v) is 19.3. The highest BCUT2D eigenvalue weighted by Gasteiger charge is 2.15. The van der Waals surface area contributed by atoms with Gasteiger partial charge in [0.15, 0.2) is 11.0 Å². The molecule has 0 aliphatic rings. The zero-order chi connectivity index (χ0) is 22.5. The third kappa shape index (κ3) is 4.78. The van der Waals surface area contributed by atoms with E-state index in [1.165, 1.54) is 11.8 Å². The predicted molar refractivity (Wildman–Crippen MR) is 129 cm³/mol. The molecule has 0 aliphatic carbocycles. The number of aromatic nitrogens is 3. The van der Waals surface area contributed by atoms with Crippen LogP contribution in [0.4, 0.5) is 5.69 Å². The lowest BCUT2D eigenvalue weighted by Crippen LogP contribution is -2.16. The van der Waals surface area contributed by atoms with E-state index in [-0.39, 0.29) is 11.7 Å². The zero-order valence-electron chi connectivity index (χ0n) is 18.5. The second-order valence-corrected chi connectivity index (χ2v) is 8.44. The minimum atomic E-state index is -0.0668. The molecule has 0 atom stereocenters. The van der Waals surface area contributed by atoms with Crippen LogP contribution in [0.3, 0.4) is 0 Å². The van der Waals surface area contributed by atoms with Crippen LogP contribution in [0.2, 0.25) is 0 Å². The molecule has 0 unspecified atom stereocenters. The van der Waals surface area contributed by atoms with Crippen LogP contribution >= 0.6 is 11.8 Å². The summed E-state index contributed by atoms with van der Waals surface area (Å²) < 4.78 is 8.07. The number of ether oxygens (including phenoxy) is 1. The van der Waals surface area contributed by atoms with Crippen molar-refractivity contribution in [2.75, 3.05) is 11.1 Å². The molecule has 1 N–H and O–H groups in total. The number of fused-ring (bicyclic) bond motifs is 1. The maximum atomic E-state index is 12.5. The first-order valence-electron chi connectivity index (χ1n) is 10.6. The molecule has 0 aliphatic heterocycles. The lowest BCUT2D eigenvalue weighted by atomic mass is 10.1. The van der Waals surface area contributed by atoms with E-state index in [1.807, 2.05) is 73.9 Å². The number of hydrogen-bond acceptors (Lipinski definition) is 5. The van der Waals surface area contributed by atoms with Crippen molar-refractivity contribution >= 4 is 34.1 Å². The first kappa shape index (κ1) is 21.9. The van der Waals surface area contributed by atoms with Crippen LogP contribution in [-0.2, 0) is 17.9 Å². The van der Waals surface area contributed by atoms with E-state index in [0.717, 1.165) is 39.2 Å². The summed E-state index contributed by atoms with van der Waals surface area (Å²) in [6.45, 7) is 7.08. The van der Waals surface area contributed by atoms with Crippen LogP contribution < -0.4 is 10.1 Å². The number of nitrogens with zero attached hydrogens (tertiary/aromatic N) is 3. The highest BCUT2D eigenvalue weighted by molar-refractivity contribution is 7.99. The van der Waals surface area contributed by atoms with Gasteiger partial charge < -0.3 is 14.6 Å². The number of hydrogen-bond donors (Lipinski definition) is 1. The average molecular weight is 447 g/mol. The fourth-order valence-electron chi connectivity index (χ4n) is 3.52. The van der Waals surface area contributed by atoms with Gasteiger partial charge in [0.25, 0.3) is 0 Å². The summed E-state index contributed by atoms with van der Waals surface area (Å²) in [6.07, 6.45) is 0. The number of carbonyl (C=O) groups excluding carboxylic acids is 1. The van der Waals surface area contributed by atoms with E-state index in [2.05, 4.69) is 27.6 Å². The number of thioether (sulfide) groups is 1. The summed E-state index contributed by atoms with van der Waals surface area (Å²) in [6, 6.07) is 20.0. The minimum Gasteiger partial charge on any atom is -0.485 e. The number of carbonyl (C=O) groups is 1. The SMILES string of the molecule is CCn1c(COc2cccc3ccccc23)nnc1SCC(=O)Nc1cccc(C)c1C. The van der Waals surface area contributed by atoms with Gasteiger partial charge in [0, 0.05) is 17.6 Å². The molecule has 1 amide bonds. The molecule has 32 heavy (non-hydrogen) atoms. The number of rotatable bonds is 8. The Labute approximate surface area is 192 Å². The molecule has 0 saturated carbocycles. The van der Waals surface area contributed by atoms with E-state index >= 15 is 0 Å². The Morgan fingerprint density at radius 3 is 2.66 bits per heavy atom. The van der Waals surface area contributed by atoms with Crippen molar-refractivity contribution in [2.24, 2.45) is 0 Å². The minimum absolute atomic E-state index is 0.0668. The second-order valence-electron chi connectivity index (χ2n) is 7.49. The van der Waals surface area contributed by atoms with Gasteiger partial charge in [-0.15, -0.1) is 10.2 Å². The van der Waals surface area contributed by atoms with Crippen LogP contribution in [-0.4, -0.2) is 26.4 Å². The van der Waals surface area contributed by atoms with Crippen molar-refractivity contribution in [1.29, 1.82) is 0 Å². The smallest absolute Gasteiger partial charge is 0.234 e. The summed E-state index contributed by atoms with van der Waals surface area (Å²) in [5.74, 6) is 1.74. The Morgan fingerprint density at radius 2 is 1.81 bits per heavy atom. The Hall–Kier alpha value is -3.32. The molecule has 3 aromatic carbocycles. The van der Waals surface area contributed by atoms with Gasteiger partial charge in [-0.25, -0.2) is 0 Å². The molecule has 0 fully saturated rings. The van der Waals surface area contributed by atoms with Gasteiger partial charge in [-0.3, -0.25) is 4.79 Å². The van der Waals surface area contributed by atoms with Crippen molar-refractivity contribution < 1.29 is 9.53 Å². The second kappa shape index (κ2) is 9.87. The maximum Gasteiger partial charge on any atom is 0.234 e. The normalized spacial score (nSPS) is 11.0. The van der Waals surface area contributed by atoms with Crippen molar-refractivity contribution in [3.8, 4) is 5.75 Å². The topological polar surface area (TPSA) is 69.0 Å². The third-order valence-corrected chi connectivity index (χ3v) is 6.39. The molecule has 1 heterocycles. The molecule has 0 bridgehead atoms. The first-order chi connectivity index (χ1) is 15.6. The lowest BCUT2D eigenvalue weighted by Gasteiger charge is -2.11. The summed E-state index contributed by atoms with van der Waals surface area (Å²) in [7, 11) is 0. The third-order valence-electron chi connectivity index (χ3n) is 5.43. The van der Waals surface area contributed by atoms with Crippen LogP contribution in [0.1, 0.15) is 23.9 Å². The van der Waals surface area contributed by atoms with E-state index < -0.39 is 0 Å². The molecular formula is C25H26N4O2S. The predicted octanol–water partition coefficient (Wildman–Crippen LogP) is 5.38. The Bertz CT molecular complexity index is 1250. The van der Waals surface area contributed by atoms with Crippen LogP contribution in [0.15, 0.2) is 65.8 Å². The molecule has 6 nitrogen and oxygen atoms in total. The Kier molecular flexibility index (Phi) is 6.75. The van der Waals surface area contributed by atoms with Gasteiger partial charge in [0.1, 0.15) is 12.4 Å². The number of nitrogens with one attached hydrogen (secondary N) is 1. The largest absolute Gasteiger partial charge is 0.485 e. The standard InChI is InChI=1S/C25H26N4O2S/c1-4-29-23(15-31-22-14-8-11-19-10-5-6-12-20(19)22)27-28-25(29)32-16-24(30)26-21-13-7-9-17(2)18(21)3/h5-14H,4,15-16H2,1-3H3,(H,26,30).